The fourth-order valence-electron chi connectivity index (χ4n) is 6.28. The standard InChI is InChI=1S/C37H38O8/c1-22-33(37(39)45-21-28(23-13-9-7-10-14-23)24-15-11-8-12-16-24)34(25-17-31(42-4)36(44-6)32(18-25)43-5)26-19-29(40-2)30(41-3)20-27(26)35(22)38/h7-20,22,28,33-34H,21H2,1-6H3. The van der Waals surface area contributed by atoms with Gasteiger partial charge in [-0.25, -0.2) is 0 Å². The lowest BCUT2D eigenvalue weighted by molar-refractivity contribution is -0.150. The van der Waals surface area contributed by atoms with Crippen LogP contribution in [0.25, 0.3) is 0 Å². The molecule has 45 heavy (non-hydrogen) atoms. The summed E-state index contributed by atoms with van der Waals surface area (Å²) in [6, 6.07) is 26.9. The monoisotopic (exact) mass is 610 g/mol. The Morgan fingerprint density at radius 1 is 0.689 bits per heavy atom. The van der Waals surface area contributed by atoms with Crippen molar-refractivity contribution in [3.63, 3.8) is 0 Å². The first-order chi connectivity index (χ1) is 21.9. The number of carbonyl (C=O) groups excluding carboxylic acids is 2. The van der Waals surface area contributed by atoms with Gasteiger partial charge in [-0.15, -0.1) is 0 Å². The van der Waals surface area contributed by atoms with Crippen molar-refractivity contribution < 1.29 is 38.0 Å². The molecule has 0 bridgehead atoms. The second-order valence-corrected chi connectivity index (χ2v) is 10.9. The maximum Gasteiger partial charge on any atom is 0.310 e. The summed E-state index contributed by atoms with van der Waals surface area (Å²) in [6.07, 6.45) is 0. The molecule has 3 unspecified atom stereocenters. The van der Waals surface area contributed by atoms with E-state index in [1.54, 1.807) is 19.1 Å². The van der Waals surface area contributed by atoms with Crippen molar-refractivity contribution in [2.75, 3.05) is 42.2 Å². The van der Waals surface area contributed by atoms with Gasteiger partial charge < -0.3 is 28.4 Å². The van der Waals surface area contributed by atoms with E-state index in [0.29, 0.717) is 45.4 Å². The van der Waals surface area contributed by atoms with Crippen LogP contribution in [0.15, 0.2) is 84.9 Å². The Morgan fingerprint density at radius 2 is 1.20 bits per heavy atom. The predicted octanol–water partition coefficient (Wildman–Crippen LogP) is 6.69. The molecular formula is C37H38O8. The van der Waals surface area contributed by atoms with Gasteiger partial charge in [0.2, 0.25) is 5.75 Å². The van der Waals surface area contributed by atoms with Gasteiger partial charge in [-0.1, -0.05) is 67.6 Å². The lowest BCUT2D eigenvalue weighted by Gasteiger charge is -2.37. The van der Waals surface area contributed by atoms with Gasteiger partial charge in [-0.3, -0.25) is 9.59 Å². The molecule has 0 aromatic heterocycles. The average Bonchev–Trinajstić information content (AvgIpc) is 3.09. The number of hydrogen-bond acceptors (Lipinski definition) is 8. The van der Waals surface area contributed by atoms with Crippen LogP contribution in [0.1, 0.15) is 51.4 Å². The van der Waals surface area contributed by atoms with E-state index in [-0.39, 0.29) is 18.3 Å². The summed E-state index contributed by atoms with van der Waals surface area (Å²) in [5.41, 5.74) is 3.81. The van der Waals surface area contributed by atoms with Gasteiger partial charge in [-0.05, 0) is 46.5 Å². The Labute approximate surface area is 263 Å². The largest absolute Gasteiger partial charge is 0.493 e. The molecule has 234 valence electrons. The number of methoxy groups -OCH3 is 5. The average molecular weight is 611 g/mol. The van der Waals surface area contributed by atoms with Crippen molar-refractivity contribution in [2.45, 2.75) is 18.8 Å². The maximum atomic E-state index is 14.3. The zero-order chi connectivity index (χ0) is 32.1. The molecule has 0 heterocycles. The Morgan fingerprint density at radius 3 is 1.69 bits per heavy atom. The summed E-state index contributed by atoms with van der Waals surface area (Å²) in [7, 11) is 7.66. The van der Waals surface area contributed by atoms with Crippen LogP contribution in [0.3, 0.4) is 0 Å². The number of ether oxygens (including phenoxy) is 6. The van der Waals surface area contributed by atoms with Crippen LogP contribution in [0.5, 0.6) is 28.7 Å². The SMILES string of the molecule is COc1cc2c(cc1OC)C(c1cc(OC)c(OC)c(OC)c1)C(C(=O)OCC(c1ccccc1)c1ccccc1)C(C)C2=O. The van der Waals surface area contributed by atoms with E-state index in [9.17, 15) is 9.59 Å². The van der Waals surface area contributed by atoms with Crippen LogP contribution in [-0.4, -0.2) is 53.9 Å². The molecule has 5 rings (SSSR count). The minimum Gasteiger partial charge on any atom is -0.493 e. The van der Waals surface area contributed by atoms with Crippen molar-refractivity contribution in [2.24, 2.45) is 11.8 Å². The molecule has 0 aliphatic heterocycles. The Balaban J connectivity index is 1.62. The van der Waals surface area contributed by atoms with Crippen molar-refractivity contribution in [3.8, 4) is 28.7 Å². The highest BCUT2D eigenvalue weighted by molar-refractivity contribution is 6.04. The molecule has 4 aromatic rings. The fraction of sp³-hybridized carbons (Fsp3) is 0.297. The van der Waals surface area contributed by atoms with Gasteiger partial charge in [0.25, 0.3) is 0 Å². The highest BCUT2D eigenvalue weighted by Crippen LogP contribution is 2.50. The zero-order valence-electron chi connectivity index (χ0n) is 26.4. The van der Waals surface area contributed by atoms with E-state index >= 15 is 0 Å². The molecule has 0 saturated carbocycles. The molecule has 4 aromatic carbocycles. The first-order valence-electron chi connectivity index (χ1n) is 14.7. The number of esters is 1. The van der Waals surface area contributed by atoms with E-state index in [1.165, 1.54) is 35.5 Å². The van der Waals surface area contributed by atoms with E-state index in [4.69, 9.17) is 28.4 Å². The molecule has 8 nitrogen and oxygen atoms in total. The summed E-state index contributed by atoms with van der Waals surface area (Å²) in [6.45, 7) is 1.87. The first-order valence-corrected chi connectivity index (χ1v) is 14.7. The van der Waals surface area contributed by atoms with Crippen LogP contribution in [0, 0.1) is 11.8 Å². The normalized spacial score (nSPS) is 17.3. The third kappa shape index (κ3) is 6.05. The molecule has 0 radical (unpaired) electrons. The van der Waals surface area contributed by atoms with Crippen LogP contribution in [-0.2, 0) is 9.53 Å². The van der Waals surface area contributed by atoms with Gasteiger partial charge in [0, 0.05) is 23.3 Å². The van der Waals surface area contributed by atoms with Crippen LogP contribution in [0.4, 0.5) is 0 Å². The molecule has 3 atom stereocenters. The van der Waals surface area contributed by atoms with Crippen LogP contribution < -0.4 is 23.7 Å². The number of carbonyl (C=O) groups is 2. The lowest BCUT2D eigenvalue weighted by atomic mass is 9.66. The quantitative estimate of drug-likeness (QED) is 0.174. The summed E-state index contributed by atoms with van der Waals surface area (Å²) < 4.78 is 34.2. The molecule has 0 N–H and O–H groups in total. The smallest absolute Gasteiger partial charge is 0.310 e. The van der Waals surface area contributed by atoms with E-state index in [0.717, 1.165) is 11.1 Å². The topological polar surface area (TPSA) is 89.5 Å². The van der Waals surface area contributed by atoms with Crippen molar-refractivity contribution >= 4 is 11.8 Å². The number of fused-ring (bicyclic) bond motifs is 1. The highest BCUT2D eigenvalue weighted by Gasteiger charge is 2.46. The van der Waals surface area contributed by atoms with Gasteiger partial charge >= 0.3 is 5.97 Å². The number of hydrogen-bond donors (Lipinski definition) is 0. The third-order valence-corrected chi connectivity index (χ3v) is 8.58. The predicted molar refractivity (Wildman–Crippen MR) is 170 cm³/mol. The van der Waals surface area contributed by atoms with Crippen molar-refractivity contribution in [1.29, 1.82) is 0 Å². The van der Waals surface area contributed by atoms with E-state index < -0.39 is 23.7 Å². The minimum absolute atomic E-state index is 0.102. The molecular weight excluding hydrogens is 572 g/mol. The Bertz CT molecular complexity index is 1590. The summed E-state index contributed by atoms with van der Waals surface area (Å²) >= 11 is 0. The van der Waals surface area contributed by atoms with Crippen LogP contribution in [0.2, 0.25) is 0 Å². The highest BCUT2D eigenvalue weighted by atomic mass is 16.5. The summed E-state index contributed by atoms with van der Waals surface area (Å²) in [5, 5.41) is 0. The van der Waals surface area contributed by atoms with Crippen LogP contribution >= 0.6 is 0 Å². The van der Waals surface area contributed by atoms with Crippen molar-refractivity contribution in [1.82, 2.24) is 0 Å². The molecule has 1 aliphatic rings. The zero-order valence-corrected chi connectivity index (χ0v) is 26.4. The number of benzene rings is 4. The van der Waals surface area contributed by atoms with E-state index in [2.05, 4.69) is 0 Å². The molecule has 0 spiro atoms. The molecule has 0 saturated heterocycles. The van der Waals surface area contributed by atoms with Gasteiger partial charge in [-0.2, -0.15) is 0 Å². The van der Waals surface area contributed by atoms with E-state index in [1.807, 2.05) is 72.8 Å². The van der Waals surface area contributed by atoms with Crippen molar-refractivity contribution in [3.05, 3.63) is 113 Å². The number of Topliss-reactive ketones (excluding diaryl/α,β-unsaturated/α-hetero) is 1. The summed E-state index contributed by atoms with van der Waals surface area (Å²) in [5.74, 6) is -0.890. The second-order valence-electron chi connectivity index (χ2n) is 10.9. The van der Waals surface area contributed by atoms with Gasteiger partial charge in [0.15, 0.2) is 28.8 Å². The second kappa shape index (κ2) is 13.8. The Hall–Kier alpha value is -4.98. The van der Waals surface area contributed by atoms with Gasteiger partial charge in [0.05, 0.1) is 41.5 Å². The fourth-order valence-corrected chi connectivity index (χ4v) is 6.28. The Kier molecular flexibility index (Phi) is 9.62. The number of rotatable bonds is 11. The lowest BCUT2D eigenvalue weighted by Crippen LogP contribution is -2.40. The van der Waals surface area contributed by atoms with Gasteiger partial charge in [0.1, 0.15) is 6.61 Å². The molecule has 0 amide bonds. The minimum atomic E-state index is -0.863. The molecule has 0 fully saturated rings. The number of ketones is 1. The summed E-state index contributed by atoms with van der Waals surface area (Å²) in [4.78, 5) is 28.2. The first kappa shape index (κ1) is 31.4. The maximum absolute atomic E-state index is 14.3. The molecule has 8 heteroatoms. The molecule has 1 aliphatic carbocycles. The third-order valence-electron chi connectivity index (χ3n) is 8.58.